The molecule has 8 atom stereocenters. The molecule has 69 heavy (non-hydrogen) atoms. The molecule has 0 saturated carbocycles. The molecule has 8 rings (SSSR count). The molecule has 2 unspecified atom stereocenters. The lowest BCUT2D eigenvalue weighted by molar-refractivity contribution is -0.246. The van der Waals surface area contributed by atoms with E-state index in [1.54, 1.807) is 26.0 Å². The van der Waals surface area contributed by atoms with E-state index >= 15 is 0 Å². The van der Waals surface area contributed by atoms with Gasteiger partial charge >= 0.3 is 13.2 Å². The van der Waals surface area contributed by atoms with E-state index < -0.39 is 121 Å². The Morgan fingerprint density at radius 2 is 1.61 bits per heavy atom. The zero-order valence-electron chi connectivity index (χ0n) is 38.7. The number of nitrogens with one attached hydrogen (secondary N) is 1. The Hall–Kier alpha value is -6.19. The first-order valence-corrected chi connectivity index (χ1v) is 22.8. The zero-order chi connectivity index (χ0) is 49.6. The largest absolute Gasteiger partial charge is 0.507 e. The Morgan fingerprint density at radius 1 is 0.928 bits per heavy atom. The number of ketones is 3. The van der Waals surface area contributed by atoms with Crippen molar-refractivity contribution in [2.45, 2.75) is 102 Å². The number of aliphatic hydroxyl groups excluding tert-OH is 1. The summed E-state index contributed by atoms with van der Waals surface area (Å²) in [7, 11) is -0.447. The van der Waals surface area contributed by atoms with E-state index in [1.165, 1.54) is 42.3 Å². The predicted octanol–water partition coefficient (Wildman–Crippen LogP) is 3.02. The Labute approximate surface area is 397 Å². The second-order valence-electron chi connectivity index (χ2n) is 18.5. The van der Waals surface area contributed by atoms with Crippen LogP contribution in [0.3, 0.4) is 0 Å². The average Bonchev–Trinajstić information content (AvgIpc) is 3.77. The van der Waals surface area contributed by atoms with Gasteiger partial charge in [-0.15, -0.1) is 0 Å². The Bertz CT molecular complexity index is 2660. The maximum absolute atomic E-state index is 14.3. The number of methoxy groups -OCH3 is 1. The van der Waals surface area contributed by atoms with Crippen molar-refractivity contribution >= 4 is 41.9 Å². The standard InChI is InChI=1S/C50H55BN2O16/c1-24(2)17-27-9-11-28(12-10-27)25(3)48(60)52-21-36(29-13-15-30(16-14-29)51(63)64)69-49(61)53-23-66-47-26(4)67-38(18-33(47)53)68-35-20-50(62,37(55)22-54)19-32-40(35)46(59)42-41(44(32)57)43(56)31-7-6-8-34(65-5)39(31)45(42)58/h6-16,24-26,33,35-36,38,47,54,57,59,62-64H,17-23H2,1-5H3,(H,52,60)/t25?,26-,33-,35-,36?,38-,47+,50-/m0/s1. The quantitative estimate of drug-likeness (QED) is 0.0623. The molecule has 2 aliphatic carbocycles. The summed E-state index contributed by atoms with van der Waals surface area (Å²) in [6, 6.07) is 17.4. The van der Waals surface area contributed by atoms with Gasteiger partial charge in [0.05, 0.1) is 54.5 Å². The first kappa shape index (κ1) is 49.2. The first-order chi connectivity index (χ1) is 32.8. The van der Waals surface area contributed by atoms with Gasteiger partial charge in [0.25, 0.3) is 0 Å². The van der Waals surface area contributed by atoms with Crippen LogP contribution in [0, 0.1) is 5.92 Å². The lowest BCUT2D eigenvalue weighted by atomic mass is 9.72. The molecule has 364 valence electrons. The number of rotatable bonds is 14. The number of Topliss-reactive ketones (excluding diaryl/α,β-unsaturated/α-hetero) is 1. The third-order valence-electron chi connectivity index (χ3n) is 13.6. The van der Waals surface area contributed by atoms with E-state index in [9.17, 15) is 54.4 Å². The van der Waals surface area contributed by atoms with Gasteiger partial charge in [-0.1, -0.05) is 74.5 Å². The second kappa shape index (κ2) is 19.7. The fraction of sp³-hybridized carbons (Fsp3) is 0.420. The van der Waals surface area contributed by atoms with Crippen LogP contribution in [-0.2, 0) is 41.4 Å². The lowest BCUT2D eigenvalue weighted by Crippen LogP contribution is -2.53. The minimum atomic E-state index is -2.38. The van der Waals surface area contributed by atoms with Crippen molar-refractivity contribution in [2.24, 2.45) is 5.92 Å². The van der Waals surface area contributed by atoms with Gasteiger partial charge in [0, 0.05) is 36.0 Å². The van der Waals surface area contributed by atoms with Crippen LogP contribution in [0.25, 0.3) is 0 Å². The summed E-state index contributed by atoms with van der Waals surface area (Å²) in [6.45, 7) is 6.20. The minimum Gasteiger partial charge on any atom is -0.507 e. The van der Waals surface area contributed by atoms with Gasteiger partial charge in [-0.2, -0.15) is 0 Å². The van der Waals surface area contributed by atoms with Crippen molar-refractivity contribution in [3.05, 3.63) is 117 Å². The van der Waals surface area contributed by atoms with Gasteiger partial charge in [0.2, 0.25) is 11.7 Å². The summed E-state index contributed by atoms with van der Waals surface area (Å²) in [5.41, 5.74) is -1.58. The number of carbonyl (C=O) groups is 5. The minimum absolute atomic E-state index is 0.0495. The normalized spacial score (nSPS) is 23.6. The number of hydrogen-bond acceptors (Lipinski definition) is 16. The topological polar surface area (TPSA) is 268 Å². The van der Waals surface area contributed by atoms with E-state index in [-0.39, 0.29) is 59.1 Å². The molecule has 0 aromatic heterocycles. The number of fused-ring (bicyclic) bond motifs is 4. The van der Waals surface area contributed by atoms with Gasteiger partial charge < -0.3 is 59.5 Å². The van der Waals surface area contributed by atoms with Crippen molar-refractivity contribution in [1.82, 2.24) is 10.2 Å². The summed E-state index contributed by atoms with van der Waals surface area (Å²) in [5, 5.41) is 67.8. The van der Waals surface area contributed by atoms with Gasteiger partial charge in [-0.25, -0.2) is 4.79 Å². The molecule has 19 heteroatoms. The number of ether oxygens (including phenoxy) is 5. The molecular formula is C50H55BN2O16. The molecule has 2 heterocycles. The Morgan fingerprint density at radius 3 is 2.26 bits per heavy atom. The fourth-order valence-electron chi connectivity index (χ4n) is 9.89. The first-order valence-electron chi connectivity index (χ1n) is 22.8. The van der Waals surface area contributed by atoms with Crippen molar-refractivity contribution < 1.29 is 78.1 Å². The van der Waals surface area contributed by atoms with Gasteiger partial charge in [-0.3, -0.25) is 24.1 Å². The molecule has 0 radical (unpaired) electrons. The van der Waals surface area contributed by atoms with Crippen LogP contribution in [0.4, 0.5) is 4.79 Å². The van der Waals surface area contributed by atoms with Crippen molar-refractivity contribution in [1.29, 1.82) is 0 Å². The Balaban J connectivity index is 1.05. The number of amides is 2. The molecule has 2 saturated heterocycles. The molecular weight excluding hydrogens is 895 g/mol. The van der Waals surface area contributed by atoms with Crippen LogP contribution in [0.5, 0.6) is 17.2 Å². The SMILES string of the molecule is COc1cccc2c1C(=O)c1c(O)c3c(c(O)c1C2=O)C[C@@](O)(C(=O)CO)C[C@@H]3O[C@H]1C[C@H]2[C@H](OCN2C(=O)OC(CNC(=O)C(C)c2ccc(CC(C)C)cc2)c2ccc(B(O)O)cc2)[C@H](C)O1. The average molecular weight is 951 g/mol. The molecule has 2 amide bonds. The van der Waals surface area contributed by atoms with E-state index in [2.05, 4.69) is 19.2 Å². The highest BCUT2D eigenvalue weighted by molar-refractivity contribution is 6.58. The number of aromatic hydroxyl groups is 2. The molecule has 4 aromatic carbocycles. The molecule has 4 aliphatic rings. The molecule has 18 nitrogen and oxygen atoms in total. The predicted molar refractivity (Wildman–Crippen MR) is 245 cm³/mol. The lowest BCUT2D eigenvalue weighted by Gasteiger charge is -2.42. The molecule has 4 aromatic rings. The van der Waals surface area contributed by atoms with E-state index in [1.807, 2.05) is 24.3 Å². The Kier molecular flexibility index (Phi) is 14.0. The van der Waals surface area contributed by atoms with Gasteiger partial charge in [0.15, 0.2) is 17.9 Å². The van der Waals surface area contributed by atoms with E-state index in [0.29, 0.717) is 11.5 Å². The van der Waals surface area contributed by atoms with E-state index in [4.69, 9.17) is 23.7 Å². The molecule has 2 aliphatic heterocycles. The van der Waals surface area contributed by atoms with Crippen LogP contribution in [0.1, 0.15) is 118 Å². The molecule has 0 bridgehead atoms. The van der Waals surface area contributed by atoms with Crippen molar-refractivity contribution in [3.63, 3.8) is 0 Å². The van der Waals surface area contributed by atoms with Gasteiger partial charge in [0.1, 0.15) is 48.4 Å². The van der Waals surface area contributed by atoms with Crippen molar-refractivity contribution in [3.8, 4) is 17.2 Å². The molecule has 2 fully saturated rings. The maximum atomic E-state index is 14.3. The van der Waals surface area contributed by atoms with Crippen LogP contribution < -0.4 is 15.5 Å². The number of phenols is 2. The number of hydrogen-bond donors (Lipinski definition) is 7. The van der Waals surface area contributed by atoms with Crippen LogP contribution in [0.2, 0.25) is 0 Å². The maximum Gasteiger partial charge on any atom is 0.488 e. The van der Waals surface area contributed by atoms with Crippen LogP contribution in [-0.4, -0.2) is 129 Å². The second-order valence-corrected chi connectivity index (χ2v) is 18.5. The zero-order valence-corrected chi connectivity index (χ0v) is 38.7. The summed E-state index contributed by atoms with van der Waals surface area (Å²) < 4.78 is 30.2. The highest BCUT2D eigenvalue weighted by Gasteiger charge is 2.52. The summed E-state index contributed by atoms with van der Waals surface area (Å²) in [5.74, 6) is -4.55. The highest BCUT2D eigenvalue weighted by atomic mass is 16.7. The number of nitrogens with zero attached hydrogens (tertiary/aromatic N) is 1. The van der Waals surface area contributed by atoms with E-state index in [0.717, 1.165) is 17.5 Å². The number of carbonyl (C=O) groups excluding carboxylic acids is 5. The monoisotopic (exact) mass is 950 g/mol. The third kappa shape index (κ3) is 9.35. The molecule has 7 N–H and O–H groups in total. The highest BCUT2D eigenvalue weighted by Crippen LogP contribution is 2.53. The summed E-state index contributed by atoms with van der Waals surface area (Å²) in [6.07, 6.45) is -6.57. The summed E-state index contributed by atoms with van der Waals surface area (Å²) in [4.78, 5) is 70.4. The van der Waals surface area contributed by atoms with Gasteiger partial charge in [-0.05, 0) is 54.4 Å². The fourth-order valence-corrected chi connectivity index (χ4v) is 9.89. The van der Waals surface area contributed by atoms with Crippen LogP contribution in [0.15, 0.2) is 66.7 Å². The number of aliphatic hydroxyl groups is 2. The van der Waals surface area contributed by atoms with Crippen molar-refractivity contribution in [2.75, 3.05) is 27.0 Å². The summed E-state index contributed by atoms with van der Waals surface area (Å²) >= 11 is 0. The third-order valence-corrected chi connectivity index (χ3v) is 13.6. The number of benzene rings is 4. The van der Waals surface area contributed by atoms with Crippen LogP contribution >= 0.6 is 0 Å². The smallest absolute Gasteiger partial charge is 0.488 e. The number of phenolic OH excluding ortho intramolecular Hbond substituents is 2. The molecule has 0 spiro atoms.